The van der Waals surface area contributed by atoms with E-state index in [4.69, 9.17) is 0 Å². The molecule has 0 atom stereocenters. The molecule has 1 fully saturated rings. The summed E-state index contributed by atoms with van der Waals surface area (Å²) in [6.07, 6.45) is 4.90. The van der Waals surface area contributed by atoms with Gasteiger partial charge >= 0.3 is 0 Å². The number of hydrogen-bond donors (Lipinski definition) is 0. The van der Waals surface area contributed by atoms with E-state index in [2.05, 4.69) is 20.1 Å². The highest BCUT2D eigenvalue weighted by Gasteiger charge is 2.32. The van der Waals surface area contributed by atoms with E-state index < -0.39 is 0 Å². The van der Waals surface area contributed by atoms with Crippen molar-refractivity contribution in [2.75, 3.05) is 13.1 Å². The summed E-state index contributed by atoms with van der Waals surface area (Å²) in [6.45, 7) is 1.58. The van der Waals surface area contributed by atoms with Gasteiger partial charge in [-0.05, 0) is 30.3 Å². The highest BCUT2D eigenvalue weighted by atomic mass is 16.2. The van der Waals surface area contributed by atoms with Crippen LogP contribution in [-0.2, 0) is 6.54 Å². The number of carbonyl (C=O) groups excluding carboxylic acids is 1. The molecule has 1 aromatic carbocycles. The van der Waals surface area contributed by atoms with Gasteiger partial charge in [-0.1, -0.05) is 12.1 Å². The van der Waals surface area contributed by atoms with Crippen molar-refractivity contribution in [1.82, 2.24) is 29.6 Å². The highest BCUT2D eigenvalue weighted by molar-refractivity contribution is 5.94. The first-order valence-corrected chi connectivity index (χ1v) is 9.67. The van der Waals surface area contributed by atoms with E-state index in [1.807, 2.05) is 36.4 Å². The molecule has 1 aliphatic rings. The summed E-state index contributed by atoms with van der Waals surface area (Å²) in [5, 5.41) is 4.48. The molecule has 1 aliphatic heterocycles. The predicted octanol–water partition coefficient (Wildman–Crippen LogP) is 2.02. The molecule has 0 aliphatic carbocycles. The molecule has 0 radical (unpaired) electrons. The minimum Gasteiger partial charge on any atom is -0.336 e. The number of benzene rings is 1. The van der Waals surface area contributed by atoms with Crippen LogP contribution in [0.3, 0.4) is 0 Å². The summed E-state index contributed by atoms with van der Waals surface area (Å²) in [7, 11) is 0. The number of amides is 1. The van der Waals surface area contributed by atoms with Crippen LogP contribution in [0, 0.1) is 5.92 Å². The second kappa shape index (κ2) is 7.47. The monoisotopic (exact) mass is 398 g/mol. The van der Waals surface area contributed by atoms with Gasteiger partial charge in [0.1, 0.15) is 5.69 Å². The summed E-state index contributed by atoms with van der Waals surface area (Å²) in [6, 6.07) is 14.4. The van der Waals surface area contributed by atoms with Gasteiger partial charge in [0.2, 0.25) is 0 Å². The number of pyridine rings is 1. The molecular weight excluding hydrogens is 380 g/mol. The smallest absolute Gasteiger partial charge is 0.274 e. The van der Waals surface area contributed by atoms with Crippen LogP contribution < -0.4 is 5.56 Å². The van der Waals surface area contributed by atoms with E-state index in [1.165, 1.54) is 16.9 Å². The van der Waals surface area contributed by atoms with E-state index in [-0.39, 0.29) is 17.4 Å². The van der Waals surface area contributed by atoms with Gasteiger partial charge in [0.05, 0.1) is 29.5 Å². The largest absolute Gasteiger partial charge is 0.336 e. The van der Waals surface area contributed by atoms with Gasteiger partial charge in [-0.2, -0.15) is 5.10 Å². The maximum absolute atomic E-state index is 12.7. The molecule has 0 bridgehead atoms. The lowest BCUT2D eigenvalue weighted by molar-refractivity contribution is 0.0452. The van der Waals surface area contributed by atoms with E-state index in [9.17, 15) is 9.59 Å². The maximum atomic E-state index is 12.7. The highest BCUT2D eigenvalue weighted by Crippen LogP contribution is 2.20. The summed E-state index contributed by atoms with van der Waals surface area (Å²) >= 11 is 0. The van der Waals surface area contributed by atoms with Crippen LogP contribution in [0.2, 0.25) is 0 Å². The molecule has 4 heterocycles. The first-order valence-electron chi connectivity index (χ1n) is 9.67. The summed E-state index contributed by atoms with van der Waals surface area (Å²) in [5.41, 5.74) is 3.26. The lowest BCUT2D eigenvalue weighted by Gasteiger charge is -2.39. The third-order valence-corrected chi connectivity index (χ3v) is 5.19. The Morgan fingerprint density at radius 2 is 1.77 bits per heavy atom. The van der Waals surface area contributed by atoms with E-state index in [0.29, 0.717) is 30.8 Å². The van der Waals surface area contributed by atoms with Gasteiger partial charge in [0.15, 0.2) is 0 Å². The average Bonchev–Trinajstić information content (AvgIpc) is 2.77. The molecule has 4 aromatic rings. The van der Waals surface area contributed by atoms with Crippen LogP contribution >= 0.6 is 0 Å². The fourth-order valence-electron chi connectivity index (χ4n) is 3.57. The number of rotatable bonds is 4. The van der Waals surface area contributed by atoms with Crippen LogP contribution in [0.25, 0.3) is 22.3 Å². The van der Waals surface area contributed by atoms with E-state index in [1.54, 1.807) is 23.4 Å². The molecule has 8 nitrogen and oxygen atoms in total. The molecule has 1 saturated heterocycles. The van der Waals surface area contributed by atoms with E-state index >= 15 is 0 Å². The molecule has 3 aromatic heterocycles. The number of nitrogens with zero attached hydrogens (tertiary/aromatic N) is 6. The average molecular weight is 398 g/mol. The van der Waals surface area contributed by atoms with Crippen LogP contribution in [0.15, 0.2) is 71.9 Å². The Balaban J connectivity index is 1.27. The van der Waals surface area contributed by atoms with Gasteiger partial charge in [0, 0.05) is 43.0 Å². The zero-order chi connectivity index (χ0) is 20.5. The van der Waals surface area contributed by atoms with Gasteiger partial charge in [-0.15, -0.1) is 0 Å². The number of hydrogen-bond acceptors (Lipinski definition) is 6. The Kier molecular flexibility index (Phi) is 4.51. The van der Waals surface area contributed by atoms with Crippen molar-refractivity contribution in [3.05, 3.63) is 83.2 Å². The molecule has 148 valence electrons. The normalized spacial score (nSPS) is 13.9. The molecule has 1 amide bonds. The van der Waals surface area contributed by atoms with Gasteiger partial charge in [-0.3, -0.25) is 19.6 Å². The van der Waals surface area contributed by atoms with Crippen LogP contribution in [0.1, 0.15) is 10.5 Å². The fourth-order valence-corrected chi connectivity index (χ4v) is 3.57. The minimum absolute atomic E-state index is 0.143. The van der Waals surface area contributed by atoms with Crippen molar-refractivity contribution in [3.8, 4) is 11.3 Å². The molecule has 8 heteroatoms. The van der Waals surface area contributed by atoms with Crippen LogP contribution in [0.4, 0.5) is 0 Å². The molecule has 0 N–H and O–H groups in total. The van der Waals surface area contributed by atoms with Crippen molar-refractivity contribution < 1.29 is 4.79 Å². The van der Waals surface area contributed by atoms with Crippen molar-refractivity contribution in [2.24, 2.45) is 5.92 Å². The van der Waals surface area contributed by atoms with Crippen molar-refractivity contribution in [2.45, 2.75) is 6.54 Å². The number of carbonyl (C=O) groups is 1. The van der Waals surface area contributed by atoms with E-state index in [0.717, 1.165) is 16.8 Å². The first-order chi connectivity index (χ1) is 14.7. The third-order valence-electron chi connectivity index (χ3n) is 5.19. The lowest BCUT2D eigenvalue weighted by Crippen LogP contribution is -2.52. The molecular formula is C22H18N6O2. The summed E-state index contributed by atoms with van der Waals surface area (Å²) in [4.78, 5) is 39.4. The van der Waals surface area contributed by atoms with Gasteiger partial charge in [-0.25, -0.2) is 9.67 Å². The van der Waals surface area contributed by atoms with Crippen molar-refractivity contribution in [3.63, 3.8) is 0 Å². The second-order valence-corrected chi connectivity index (χ2v) is 7.29. The number of fused-ring (bicyclic) bond motifs is 1. The third kappa shape index (κ3) is 3.43. The molecule has 0 spiro atoms. The van der Waals surface area contributed by atoms with Crippen LogP contribution in [-0.4, -0.2) is 48.6 Å². The number of aromatic nitrogens is 5. The molecule has 0 unspecified atom stereocenters. The van der Waals surface area contributed by atoms with Gasteiger partial charge < -0.3 is 4.90 Å². The lowest BCUT2D eigenvalue weighted by atomic mass is 9.99. The number of likely N-dealkylation sites (tertiary alicyclic amines) is 1. The Bertz CT molecular complexity index is 1280. The standard InChI is InChI=1S/C22H18N6O2/c29-21-6-5-17(16-7-9-23-10-8-16)26-28(21)14-15-12-27(13-15)22(30)20-11-24-18-3-1-2-4-19(18)25-20/h1-11,15H,12-14H2. The molecule has 30 heavy (non-hydrogen) atoms. The minimum atomic E-state index is -0.155. The number of para-hydroxylation sites is 2. The first kappa shape index (κ1) is 18.1. The second-order valence-electron chi connectivity index (χ2n) is 7.29. The zero-order valence-electron chi connectivity index (χ0n) is 16.0. The Labute approximate surface area is 171 Å². The topological polar surface area (TPSA) is 93.9 Å². The quantitative estimate of drug-likeness (QED) is 0.522. The van der Waals surface area contributed by atoms with Crippen LogP contribution in [0.5, 0.6) is 0 Å². The maximum Gasteiger partial charge on any atom is 0.274 e. The zero-order valence-corrected chi connectivity index (χ0v) is 16.0. The summed E-state index contributed by atoms with van der Waals surface area (Å²) < 4.78 is 1.47. The SMILES string of the molecule is O=C(c1cnc2ccccc2n1)N1CC(Cn2nc(-c3ccncc3)ccc2=O)C1. The molecule has 5 rings (SSSR count). The predicted molar refractivity (Wildman–Crippen MR) is 111 cm³/mol. The Hall–Kier alpha value is -3.94. The summed E-state index contributed by atoms with van der Waals surface area (Å²) in [5.74, 6) is 0.0237. The fraction of sp³-hybridized carbons (Fsp3) is 0.182. The van der Waals surface area contributed by atoms with Crippen molar-refractivity contribution >= 4 is 16.9 Å². The van der Waals surface area contributed by atoms with Gasteiger partial charge in [0.25, 0.3) is 11.5 Å². The molecule has 0 saturated carbocycles. The Morgan fingerprint density at radius 1 is 1.00 bits per heavy atom. The van der Waals surface area contributed by atoms with Crippen molar-refractivity contribution in [1.29, 1.82) is 0 Å². The Morgan fingerprint density at radius 3 is 2.57 bits per heavy atom.